The maximum absolute atomic E-state index is 13.7. The number of aromatic hydroxyl groups is 1. The summed E-state index contributed by atoms with van der Waals surface area (Å²) < 4.78 is 14.1. The Morgan fingerprint density at radius 3 is 2.50 bits per heavy atom. The Hall–Kier alpha value is -2.97. The molecule has 0 bridgehead atoms. The topological polar surface area (TPSA) is 95.7 Å². The van der Waals surface area contributed by atoms with Gasteiger partial charge in [0.2, 0.25) is 0 Å². The second-order valence-corrected chi connectivity index (χ2v) is 8.51. The molecule has 1 aromatic heterocycles. The lowest BCUT2D eigenvalue weighted by atomic mass is 10.1. The third-order valence-electron chi connectivity index (χ3n) is 5.30. The quantitative estimate of drug-likeness (QED) is 0.572. The molecule has 0 radical (unpaired) electrons. The first-order valence-corrected chi connectivity index (χ1v) is 10.6. The van der Waals surface area contributed by atoms with E-state index in [1.807, 2.05) is 12.1 Å². The van der Waals surface area contributed by atoms with Crippen molar-refractivity contribution in [2.45, 2.75) is 25.8 Å². The predicted octanol–water partition coefficient (Wildman–Crippen LogP) is 4.08. The van der Waals surface area contributed by atoms with Gasteiger partial charge in [0.15, 0.2) is 11.6 Å². The van der Waals surface area contributed by atoms with E-state index in [-0.39, 0.29) is 10.6 Å². The lowest BCUT2D eigenvalue weighted by molar-refractivity contribution is 0.100. The van der Waals surface area contributed by atoms with Crippen molar-refractivity contribution in [2.75, 3.05) is 18.4 Å². The number of piperidine rings is 1. The van der Waals surface area contributed by atoms with Crippen molar-refractivity contribution in [2.24, 2.45) is 5.73 Å². The standard InChI is InChI=1S/C22H22FN3O3S/c23-16-11-18-15(10-17(16)27)19(20(24)28)22(30-18)25-21(29)14-6-4-13(5-7-14)12-26-8-2-1-3-9-26/h4-7,10-11,27H,1-3,8-9,12H2,(H2,24,28)(H,25,29). The van der Waals surface area contributed by atoms with Crippen LogP contribution in [0, 0.1) is 5.82 Å². The average molecular weight is 428 g/mol. The van der Waals surface area contributed by atoms with Crippen LogP contribution in [0.1, 0.15) is 45.5 Å². The SMILES string of the molecule is NC(=O)c1c(NC(=O)c2ccc(CN3CCCCC3)cc2)sc2cc(F)c(O)cc12. The van der Waals surface area contributed by atoms with E-state index in [0.29, 0.717) is 15.6 Å². The molecule has 1 aliphatic heterocycles. The van der Waals surface area contributed by atoms with Crippen LogP contribution in [0.3, 0.4) is 0 Å². The van der Waals surface area contributed by atoms with Crippen molar-refractivity contribution in [1.82, 2.24) is 4.90 Å². The normalized spacial score (nSPS) is 14.7. The molecule has 8 heteroatoms. The summed E-state index contributed by atoms with van der Waals surface area (Å²) in [5.41, 5.74) is 7.11. The van der Waals surface area contributed by atoms with Gasteiger partial charge >= 0.3 is 0 Å². The van der Waals surface area contributed by atoms with Gasteiger partial charge in [-0.1, -0.05) is 18.6 Å². The molecule has 1 saturated heterocycles. The first-order chi connectivity index (χ1) is 14.4. The Morgan fingerprint density at radius 1 is 1.13 bits per heavy atom. The number of halogens is 1. The highest BCUT2D eigenvalue weighted by molar-refractivity contribution is 7.23. The van der Waals surface area contributed by atoms with E-state index in [0.717, 1.165) is 48.7 Å². The number of hydrogen-bond acceptors (Lipinski definition) is 5. The largest absolute Gasteiger partial charge is 0.505 e. The van der Waals surface area contributed by atoms with Crippen LogP contribution >= 0.6 is 11.3 Å². The van der Waals surface area contributed by atoms with Gasteiger partial charge in [-0.3, -0.25) is 14.5 Å². The maximum Gasteiger partial charge on any atom is 0.256 e. The molecule has 3 aromatic rings. The molecule has 0 aliphatic carbocycles. The molecule has 2 aromatic carbocycles. The first kappa shape index (κ1) is 20.3. The van der Waals surface area contributed by atoms with Gasteiger partial charge in [0.05, 0.1) is 5.56 Å². The Bertz CT molecular complexity index is 1110. The maximum atomic E-state index is 13.7. The summed E-state index contributed by atoms with van der Waals surface area (Å²) in [6.45, 7) is 3.06. The number of phenolic OH excluding ortho intramolecular Hbond substituents is 1. The van der Waals surface area contributed by atoms with E-state index in [4.69, 9.17) is 5.73 Å². The van der Waals surface area contributed by atoms with Crippen LogP contribution in [0.25, 0.3) is 10.1 Å². The summed E-state index contributed by atoms with van der Waals surface area (Å²) in [5.74, 6) is -2.54. The molecule has 4 N–H and O–H groups in total. The van der Waals surface area contributed by atoms with E-state index >= 15 is 0 Å². The summed E-state index contributed by atoms with van der Waals surface area (Å²) in [7, 11) is 0. The number of likely N-dealkylation sites (tertiary alicyclic amines) is 1. The number of primary amides is 1. The van der Waals surface area contributed by atoms with Gasteiger partial charge in [-0.2, -0.15) is 0 Å². The summed E-state index contributed by atoms with van der Waals surface area (Å²) in [6, 6.07) is 9.61. The average Bonchev–Trinajstić information content (AvgIpc) is 3.06. The number of nitrogens with one attached hydrogen (secondary N) is 1. The van der Waals surface area contributed by atoms with Crippen LogP contribution in [-0.4, -0.2) is 34.9 Å². The molecule has 156 valence electrons. The lowest BCUT2D eigenvalue weighted by Gasteiger charge is -2.26. The van der Waals surface area contributed by atoms with E-state index in [1.165, 1.54) is 19.3 Å². The van der Waals surface area contributed by atoms with Gasteiger partial charge in [-0.25, -0.2) is 4.39 Å². The fourth-order valence-electron chi connectivity index (χ4n) is 3.75. The molecular formula is C22H22FN3O3S. The second-order valence-electron chi connectivity index (χ2n) is 7.46. The fourth-order valence-corrected chi connectivity index (χ4v) is 4.86. The zero-order valence-corrected chi connectivity index (χ0v) is 17.1. The number of hydrogen-bond donors (Lipinski definition) is 3. The van der Waals surface area contributed by atoms with E-state index in [2.05, 4.69) is 10.2 Å². The van der Waals surface area contributed by atoms with Crippen LogP contribution < -0.4 is 11.1 Å². The minimum Gasteiger partial charge on any atom is -0.505 e. The summed E-state index contributed by atoms with van der Waals surface area (Å²) in [4.78, 5) is 27.1. The third-order valence-corrected chi connectivity index (χ3v) is 6.37. The van der Waals surface area contributed by atoms with Crippen molar-refractivity contribution in [3.8, 4) is 5.75 Å². The Labute approximate surface area is 177 Å². The molecule has 1 aliphatic rings. The molecular weight excluding hydrogens is 405 g/mol. The smallest absolute Gasteiger partial charge is 0.256 e. The van der Waals surface area contributed by atoms with Crippen LogP contribution in [0.4, 0.5) is 9.39 Å². The number of thiophene rings is 1. The Morgan fingerprint density at radius 2 is 1.83 bits per heavy atom. The van der Waals surface area contributed by atoms with Crippen LogP contribution in [0.5, 0.6) is 5.75 Å². The van der Waals surface area contributed by atoms with Crippen molar-refractivity contribution in [1.29, 1.82) is 0 Å². The zero-order valence-electron chi connectivity index (χ0n) is 16.3. The van der Waals surface area contributed by atoms with Gasteiger partial charge in [0, 0.05) is 22.2 Å². The molecule has 0 atom stereocenters. The minimum absolute atomic E-state index is 0.0559. The number of benzene rings is 2. The number of rotatable bonds is 5. The number of amides is 2. The summed E-state index contributed by atoms with van der Waals surface area (Å²) >= 11 is 1.03. The molecule has 1 fully saturated rings. The Kier molecular flexibility index (Phi) is 5.69. The first-order valence-electron chi connectivity index (χ1n) is 9.80. The van der Waals surface area contributed by atoms with E-state index in [1.54, 1.807) is 12.1 Å². The van der Waals surface area contributed by atoms with Gasteiger partial charge in [0.1, 0.15) is 5.00 Å². The molecule has 2 amide bonds. The van der Waals surface area contributed by atoms with Crippen LogP contribution in [-0.2, 0) is 6.54 Å². The second kappa shape index (κ2) is 8.41. The lowest BCUT2D eigenvalue weighted by Crippen LogP contribution is -2.29. The fraction of sp³-hybridized carbons (Fsp3) is 0.273. The highest BCUT2D eigenvalue weighted by Crippen LogP contribution is 2.38. The number of carbonyl (C=O) groups is 2. The molecule has 6 nitrogen and oxygen atoms in total. The number of anilines is 1. The van der Waals surface area contributed by atoms with Gasteiger partial charge < -0.3 is 16.2 Å². The van der Waals surface area contributed by atoms with Crippen molar-refractivity contribution < 1.29 is 19.1 Å². The molecule has 4 rings (SSSR count). The summed E-state index contributed by atoms with van der Waals surface area (Å²) in [5, 5.41) is 12.9. The Balaban J connectivity index is 1.54. The third kappa shape index (κ3) is 4.15. The van der Waals surface area contributed by atoms with Crippen molar-refractivity contribution in [3.05, 3.63) is 58.9 Å². The number of carbonyl (C=O) groups excluding carboxylic acids is 2. The van der Waals surface area contributed by atoms with Crippen molar-refractivity contribution >= 4 is 38.2 Å². The van der Waals surface area contributed by atoms with Gasteiger partial charge in [0.25, 0.3) is 11.8 Å². The van der Waals surface area contributed by atoms with Crippen molar-refractivity contribution in [3.63, 3.8) is 0 Å². The minimum atomic E-state index is -0.804. The summed E-state index contributed by atoms with van der Waals surface area (Å²) in [6.07, 6.45) is 3.73. The van der Waals surface area contributed by atoms with E-state index < -0.39 is 23.4 Å². The molecule has 0 saturated carbocycles. The predicted molar refractivity (Wildman–Crippen MR) is 115 cm³/mol. The van der Waals surface area contributed by atoms with Crippen LogP contribution in [0.2, 0.25) is 0 Å². The number of fused-ring (bicyclic) bond motifs is 1. The number of nitrogens with zero attached hydrogens (tertiary/aromatic N) is 1. The van der Waals surface area contributed by atoms with E-state index in [9.17, 15) is 19.1 Å². The van der Waals surface area contributed by atoms with Gasteiger partial charge in [-0.05, 0) is 55.8 Å². The highest BCUT2D eigenvalue weighted by atomic mass is 32.1. The van der Waals surface area contributed by atoms with Gasteiger partial charge in [-0.15, -0.1) is 11.3 Å². The number of phenols is 1. The molecule has 0 spiro atoms. The molecule has 2 heterocycles. The van der Waals surface area contributed by atoms with Crippen LogP contribution in [0.15, 0.2) is 36.4 Å². The highest BCUT2D eigenvalue weighted by Gasteiger charge is 2.21. The molecule has 30 heavy (non-hydrogen) atoms. The molecule has 0 unspecified atom stereocenters. The number of nitrogens with two attached hydrogens (primary N) is 1. The monoisotopic (exact) mass is 427 g/mol. The zero-order chi connectivity index (χ0) is 21.3.